The van der Waals surface area contributed by atoms with Crippen molar-refractivity contribution in [1.29, 1.82) is 0 Å². The number of piperazine rings is 1. The second kappa shape index (κ2) is 11.9. The smallest absolute Gasteiger partial charge is 0.193 e. The number of aromatic nitrogens is 1. The van der Waals surface area contributed by atoms with E-state index in [0.717, 1.165) is 55.5 Å². The Morgan fingerprint density at radius 2 is 1.83 bits per heavy atom. The summed E-state index contributed by atoms with van der Waals surface area (Å²) >= 11 is 0. The van der Waals surface area contributed by atoms with Gasteiger partial charge in [-0.25, -0.2) is 9.98 Å². The molecule has 0 spiro atoms. The van der Waals surface area contributed by atoms with Gasteiger partial charge in [-0.05, 0) is 56.3 Å². The Morgan fingerprint density at radius 3 is 2.40 bits per heavy atom. The maximum absolute atomic E-state index is 6.02. The van der Waals surface area contributed by atoms with Crippen molar-refractivity contribution in [3.05, 3.63) is 48.2 Å². The Kier molecular flexibility index (Phi) is 9.64. The van der Waals surface area contributed by atoms with Gasteiger partial charge in [0, 0.05) is 38.1 Å². The molecular weight excluding hydrogens is 491 g/mol. The fourth-order valence-corrected chi connectivity index (χ4v) is 3.24. The molecule has 1 aromatic carbocycles. The summed E-state index contributed by atoms with van der Waals surface area (Å²) in [5.74, 6) is 2.24. The number of anilines is 2. The number of hydrogen-bond donors (Lipinski definition) is 2. The zero-order chi connectivity index (χ0) is 20.6. The molecule has 3 N–H and O–H groups in total. The molecule has 1 aliphatic rings. The standard InChI is InChI=1S/C22H32N6O.HI/c1-4-27-11-13-28(14-12-27)21-10-5-18(15-24-21)16-25-22(23)26-19-6-8-20(9-7-19)29-17(2)3;/h5-10,15,17H,4,11-14,16H2,1-3H3,(H3,23,25,26);1H. The van der Waals surface area contributed by atoms with Gasteiger partial charge in [0.1, 0.15) is 11.6 Å². The van der Waals surface area contributed by atoms with Crippen LogP contribution in [-0.2, 0) is 6.54 Å². The summed E-state index contributed by atoms with van der Waals surface area (Å²) in [6.07, 6.45) is 2.04. The average molecular weight is 524 g/mol. The third kappa shape index (κ3) is 7.32. The Balaban J connectivity index is 0.00000320. The number of rotatable bonds is 7. The van der Waals surface area contributed by atoms with Crippen molar-refractivity contribution in [3.8, 4) is 5.75 Å². The Bertz CT molecular complexity index is 786. The topological polar surface area (TPSA) is 79.0 Å². The van der Waals surface area contributed by atoms with Crippen molar-refractivity contribution in [3.63, 3.8) is 0 Å². The molecule has 3 rings (SSSR count). The monoisotopic (exact) mass is 524 g/mol. The summed E-state index contributed by atoms with van der Waals surface area (Å²) in [6.45, 7) is 12.1. The first-order valence-corrected chi connectivity index (χ1v) is 10.3. The number of benzene rings is 1. The maximum Gasteiger partial charge on any atom is 0.193 e. The highest BCUT2D eigenvalue weighted by Crippen LogP contribution is 2.17. The lowest BCUT2D eigenvalue weighted by molar-refractivity contribution is 0.242. The Hall–Kier alpha value is -2.07. The number of likely N-dealkylation sites (N-methyl/N-ethyl adjacent to an activating group) is 1. The van der Waals surface area contributed by atoms with E-state index >= 15 is 0 Å². The minimum Gasteiger partial charge on any atom is -0.491 e. The molecule has 1 fully saturated rings. The van der Waals surface area contributed by atoms with E-state index in [1.165, 1.54) is 0 Å². The molecule has 8 heteroatoms. The molecule has 2 aromatic rings. The first-order chi connectivity index (χ1) is 14.0. The van der Waals surface area contributed by atoms with Gasteiger partial charge in [0.2, 0.25) is 0 Å². The SMILES string of the molecule is CCN1CCN(c2ccc(CN=C(N)Nc3ccc(OC(C)C)cc3)cn2)CC1.I. The molecule has 0 radical (unpaired) electrons. The summed E-state index contributed by atoms with van der Waals surface area (Å²) in [5.41, 5.74) is 7.93. The van der Waals surface area contributed by atoms with Crippen LogP contribution in [0, 0.1) is 0 Å². The van der Waals surface area contributed by atoms with Gasteiger partial charge in [-0.2, -0.15) is 0 Å². The molecular formula is C22H33IN6O. The summed E-state index contributed by atoms with van der Waals surface area (Å²) in [7, 11) is 0. The summed E-state index contributed by atoms with van der Waals surface area (Å²) < 4.78 is 5.64. The summed E-state index contributed by atoms with van der Waals surface area (Å²) in [6, 6.07) is 11.8. The molecule has 30 heavy (non-hydrogen) atoms. The highest BCUT2D eigenvalue weighted by molar-refractivity contribution is 14.0. The predicted molar refractivity (Wildman–Crippen MR) is 135 cm³/mol. The molecule has 164 valence electrons. The molecule has 0 atom stereocenters. The van der Waals surface area contributed by atoms with E-state index < -0.39 is 0 Å². The number of guanidine groups is 1. The van der Waals surface area contributed by atoms with E-state index in [-0.39, 0.29) is 30.1 Å². The Morgan fingerprint density at radius 1 is 1.13 bits per heavy atom. The van der Waals surface area contributed by atoms with Crippen LogP contribution in [0.25, 0.3) is 0 Å². The first kappa shape index (κ1) is 24.2. The first-order valence-electron chi connectivity index (χ1n) is 10.3. The molecule has 2 heterocycles. The molecule has 0 saturated carbocycles. The van der Waals surface area contributed by atoms with Gasteiger partial charge < -0.3 is 25.6 Å². The second-order valence-corrected chi connectivity index (χ2v) is 7.46. The number of halogens is 1. The van der Waals surface area contributed by atoms with Gasteiger partial charge in [-0.1, -0.05) is 13.0 Å². The minimum absolute atomic E-state index is 0. The molecule has 1 aromatic heterocycles. The van der Waals surface area contributed by atoms with Crippen LogP contribution in [0.3, 0.4) is 0 Å². The summed E-state index contributed by atoms with van der Waals surface area (Å²) in [4.78, 5) is 13.8. The van der Waals surface area contributed by atoms with Crippen LogP contribution >= 0.6 is 24.0 Å². The van der Waals surface area contributed by atoms with Crippen LogP contribution < -0.4 is 20.7 Å². The van der Waals surface area contributed by atoms with E-state index in [2.05, 4.69) is 44.1 Å². The largest absolute Gasteiger partial charge is 0.491 e. The van der Waals surface area contributed by atoms with Gasteiger partial charge in [-0.15, -0.1) is 24.0 Å². The number of pyridine rings is 1. The van der Waals surface area contributed by atoms with Crippen LogP contribution in [0.5, 0.6) is 5.75 Å². The lowest BCUT2D eigenvalue weighted by Crippen LogP contribution is -2.46. The van der Waals surface area contributed by atoms with Crippen LogP contribution in [0.4, 0.5) is 11.5 Å². The molecule has 1 aliphatic heterocycles. The molecule has 0 amide bonds. The molecule has 1 saturated heterocycles. The normalized spacial score (nSPS) is 15.1. The van der Waals surface area contributed by atoms with Crippen molar-refractivity contribution in [2.24, 2.45) is 10.7 Å². The number of nitrogens with one attached hydrogen (secondary N) is 1. The van der Waals surface area contributed by atoms with Gasteiger partial charge in [-0.3, -0.25) is 0 Å². The van der Waals surface area contributed by atoms with E-state index in [0.29, 0.717) is 12.5 Å². The fourth-order valence-electron chi connectivity index (χ4n) is 3.24. The molecule has 0 unspecified atom stereocenters. The molecule has 0 bridgehead atoms. The summed E-state index contributed by atoms with van der Waals surface area (Å²) in [5, 5.41) is 3.10. The van der Waals surface area contributed by atoms with Crippen LogP contribution in [-0.4, -0.2) is 54.7 Å². The van der Waals surface area contributed by atoms with Crippen molar-refractivity contribution >= 4 is 41.4 Å². The second-order valence-electron chi connectivity index (χ2n) is 7.46. The maximum atomic E-state index is 6.02. The number of hydrogen-bond acceptors (Lipinski definition) is 5. The van der Waals surface area contributed by atoms with Crippen LogP contribution in [0.2, 0.25) is 0 Å². The highest BCUT2D eigenvalue weighted by atomic mass is 127. The van der Waals surface area contributed by atoms with Crippen LogP contribution in [0.1, 0.15) is 26.3 Å². The van der Waals surface area contributed by atoms with Crippen molar-refractivity contribution in [2.45, 2.75) is 33.4 Å². The highest BCUT2D eigenvalue weighted by Gasteiger charge is 2.16. The quantitative estimate of drug-likeness (QED) is 0.328. The van der Waals surface area contributed by atoms with Gasteiger partial charge in [0.15, 0.2) is 5.96 Å². The zero-order valence-corrected chi connectivity index (χ0v) is 20.4. The third-order valence-electron chi connectivity index (χ3n) is 4.88. The number of nitrogens with two attached hydrogens (primary N) is 1. The Labute approximate surface area is 196 Å². The van der Waals surface area contributed by atoms with Gasteiger partial charge in [0.25, 0.3) is 0 Å². The number of nitrogens with zero attached hydrogens (tertiary/aromatic N) is 4. The zero-order valence-electron chi connectivity index (χ0n) is 18.0. The number of ether oxygens (including phenoxy) is 1. The lowest BCUT2D eigenvalue weighted by atomic mass is 10.2. The fraction of sp³-hybridized carbons (Fsp3) is 0.455. The third-order valence-corrected chi connectivity index (χ3v) is 4.88. The van der Waals surface area contributed by atoms with Gasteiger partial charge in [0.05, 0.1) is 12.6 Å². The minimum atomic E-state index is 0. The average Bonchev–Trinajstić information content (AvgIpc) is 2.74. The van der Waals surface area contributed by atoms with E-state index in [9.17, 15) is 0 Å². The van der Waals surface area contributed by atoms with Crippen molar-refractivity contribution < 1.29 is 4.74 Å². The number of aliphatic imine (C=N–C) groups is 1. The lowest BCUT2D eigenvalue weighted by Gasteiger charge is -2.34. The van der Waals surface area contributed by atoms with E-state index in [4.69, 9.17) is 10.5 Å². The molecule has 7 nitrogen and oxygen atoms in total. The van der Waals surface area contributed by atoms with E-state index in [1.54, 1.807) is 0 Å². The van der Waals surface area contributed by atoms with Crippen molar-refractivity contribution in [1.82, 2.24) is 9.88 Å². The van der Waals surface area contributed by atoms with Gasteiger partial charge >= 0.3 is 0 Å². The van der Waals surface area contributed by atoms with Crippen molar-refractivity contribution in [2.75, 3.05) is 42.9 Å². The predicted octanol–water partition coefficient (Wildman–Crippen LogP) is 3.56. The van der Waals surface area contributed by atoms with E-state index in [1.807, 2.05) is 44.3 Å². The van der Waals surface area contributed by atoms with Crippen LogP contribution in [0.15, 0.2) is 47.6 Å². The molecule has 0 aliphatic carbocycles.